The highest BCUT2D eigenvalue weighted by Gasteiger charge is 2.32. The molecule has 0 saturated carbocycles. The molecule has 2 rings (SSSR count). The number of alkyl halides is 3. The Balaban J connectivity index is 2.00. The van der Waals surface area contributed by atoms with Gasteiger partial charge in [-0.1, -0.05) is 6.07 Å². The zero-order chi connectivity index (χ0) is 22.7. The van der Waals surface area contributed by atoms with Crippen molar-refractivity contribution < 1.29 is 35.5 Å². The average molecular weight is 448 g/mol. The molecule has 0 spiro atoms. The van der Waals surface area contributed by atoms with E-state index in [1.165, 1.54) is 26.0 Å². The quantitative estimate of drug-likeness (QED) is 0.633. The SMILES string of the molecule is CC(C)(Oc1ccc(C(F)(F)F)cc1)C(=O)NCc1ccc(NS(C)(=O)=O)c(F)c1. The number of carbonyl (C=O) groups is 1. The molecule has 6 nitrogen and oxygen atoms in total. The molecule has 1 amide bonds. The van der Waals surface area contributed by atoms with Crippen molar-refractivity contribution in [2.24, 2.45) is 0 Å². The van der Waals surface area contributed by atoms with Crippen molar-refractivity contribution >= 4 is 21.6 Å². The normalized spacial score (nSPS) is 12.4. The van der Waals surface area contributed by atoms with Crippen molar-refractivity contribution in [3.8, 4) is 5.75 Å². The molecule has 0 heterocycles. The molecule has 0 aliphatic heterocycles. The molecule has 0 fully saturated rings. The van der Waals surface area contributed by atoms with Gasteiger partial charge in [-0.3, -0.25) is 9.52 Å². The van der Waals surface area contributed by atoms with Crippen LogP contribution in [0.4, 0.5) is 23.2 Å². The van der Waals surface area contributed by atoms with E-state index in [1.807, 2.05) is 4.72 Å². The third kappa shape index (κ3) is 6.61. The fourth-order valence-corrected chi connectivity index (χ4v) is 2.96. The van der Waals surface area contributed by atoms with Crippen LogP contribution in [0.2, 0.25) is 0 Å². The van der Waals surface area contributed by atoms with Crippen molar-refractivity contribution in [2.45, 2.75) is 32.2 Å². The summed E-state index contributed by atoms with van der Waals surface area (Å²) in [7, 11) is -3.64. The molecular weight excluding hydrogens is 428 g/mol. The molecule has 11 heteroatoms. The van der Waals surface area contributed by atoms with E-state index in [-0.39, 0.29) is 18.0 Å². The summed E-state index contributed by atoms with van der Waals surface area (Å²) in [6, 6.07) is 7.64. The van der Waals surface area contributed by atoms with Crippen molar-refractivity contribution in [1.82, 2.24) is 5.32 Å². The Morgan fingerprint density at radius 1 is 1.07 bits per heavy atom. The van der Waals surface area contributed by atoms with Gasteiger partial charge in [0.15, 0.2) is 5.60 Å². The average Bonchev–Trinajstić information content (AvgIpc) is 2.60. The molecule has 0 aromatic heterocycles. The minimum atomic E-state index is -4.48. The lowest BCUT2D eigenvalue weighted by Crippen LogP contribution is -2.46. The zero-order valence-corrected chi connectivity index (χ0v) is 17.1. The Labute approximate surface area is 171 Å². The van der Waals surface area contributed by atoms with Crippen LogP contribution in [0, 0.1) is 5.82 Å². The standard InChI is InChI=1S/C19H20F4N2O4S/c1-18(2,29-14-7-5-13(6-8-14)19(21,22)23)17(26)24-11-12-4-9-16(15(20)10-12)25-30(3,27)28/h4-10,25H,11H2,1-3H3,(H,24,26). The maximum Gasteiger partial charge on any atom is 0.416 e. The van der Waals surface area contributed by atoms with Crippen LogP contribution >= 0.6 is 0 Å². The van der Waals surface area contributed by atoms with Gasteiger partial charge in [0.05, 0.1) is 17.5 Å². The summed E-state index contributed by atoms with van der Waals surface area (Å²) < 4.78 is 81.7. The number of hydrogen-bond donors (Lipinski definition) is 2. The molecule has 0 radical (unpaired) electrons. The van der Waals surface area contributed by atoms with E-state index >= 15 is 0 Å². The smallest absolute Gasteiger partial charge is 0.416 e. The predicted octanol–water partition coefficient (Wildman–Crippen LogP) is 3.69. The monoisotopic (exact) mass is 448 g/mol. The second-order valence-corrected chi connectivity index (χ2v) is 8.75. The van der Waals surface area contributed by atoms with Crippen molar-refractivity contribution in [3.63, 3.8) is 0 Å². The molecule has 2 aromatic carbocycles. The van der Waals surface area contributed by atoms with Crippen LogP contribution in [0.15, 0.2) is 42.5 Å². The second-order valence-electron chi connectivity index (χ2n) is 7.01. The molecule has 0 bridgehead atoms. The van der Waals surface area contributed by atoms with Crippen LogP contribution in [0.5, 0.6) is 5.75 Å². The highest BCUT2D eigenvalue weighted by Crippen LogP contribution is 2.31. The molecule has 0 aliphatic rings. The van der Waals surface area contributed by atoms with Gasteiger partial charge in [0, 0.05) is 6.54 Å². The van der Waals surface area contributed by atoms with Gasteiger partial charge < -0.3 is 10.1 Å². The number of sulfonamides is 1. The molecule has 2 N–H and O–H groups in total. The largest absolute Gasteiger partial charge is 0.478 e. The van der Waals surface area contributed by atoms with Gasteiger partial charge >= 0.3 is 6.18 Å². The van der Waals surface area contributed by atoms with Crippen LogP contribution < -0.4 is 14.8 Å². The molecule has 0 aliphatic carbocycles. The molecule has 0 atom stereocenters. The molecule has 0 unspecified atom stereocenters. The number of carbonyl (C=O) groups excluding carboxylic acids is 1. The van der Waals surface area contributed by atoms with Gasteiger partial charge in [-0.2, -0.15) is 13.2 Å². The summed E-state index contributed by atoms with van der Waals surface area (Å²) in [5.41, 5.74) is -2.12. The van der Waals surface area contributed by atoms with Crippen LogP contribution in [0.1, 0.15) is 25.0 Å². The predicted molar refractivity (Wildman–Crippen MR) is 103 cm³/mol. The van der Waals surface area contributed by atoms with E-state index < -0.39 is 39.1 Å². The summed E-state index contributed by atoms with van der Waals surface area (Å²) in [5, 5.41) is 2.54. The van der Waals surface area contributed by atoms with Gasteiger partial charge in [-0.05, 0) is 55.8 Å². The number of amides is 1. The summed E-state index contributed by atoms with van der Waals surface area (Å²) in [5.74, 6) is -1.32. The van der Waals surface area contributed by atoms with Gasteiger partial charge in [0.25, 0.3) is 5.91 Å². The molecular formula is C19H20F4N2O4S. The first-order chi connectivity index (χ1) is 13.7. The maximum absolute atomic E-state index is 14.0. The van der Waals surface area contributed by atoms with Crippen molar-refractivity contribution in [1.29, 1.82) is 0 Å². The van der Waals surface area contributed by atoms with Gasteiger partial charge in [0.2, 0.25) is 10.0 Å². The topological polar surface area (TPSA) is 84.5 Å². The van der Waals surface area contributed by atoms with E-state index in [1.54, 1.807) is 0 Å². The van der Waals surface area contributed by atoms with Gasteiger partial charge in [-0.15, -0.1) is 0 Å². The fraction of sp³-hybridized carbons (Fsp3) is 0.316. The fourth-order valence-electron chi connectivity index (χ4n) is 2.40. The van der Waals surface area contributed by atoms with Gasteiger partial charge in [0.1, 0.15) is 11.6 Å². The van der Waals surface area contributed by atoms with Gasteiger partial charge in [-0.25, -0.2) is 12.8 Å². The molecule has 164 valence electrons. The first-order valence-electron chi connectivity index (χ1n) is 8.58. The number of nitrogens with one attached hydrogen (secondary N) is 2. The van der Waals surface area contributed by atoms with Crippen LogP contribution in [0.25, 0.3) is 0 Å². The molecule has 0 saturated heterocycles. The minimum absolute atomic E-state index is 0.0744. The number of benzene rings is 2. The summed E-state index contributed by atoms with van der Waals surface area (Å²) in [4.78, 5) is 12.4. The van der Waals surface area contributed by atoms with E-state index in [4.69, 9.17) is 4.74 Å². The van der Waals surface area contributed by atoms with Crippen LogP contribution in [-0.2, 0) is 27.5 Å². The Kier molecular flexibility index (Phi) is 6.65. The molecule has 30 heavy (non-hydrogen) atoms. The Morgan fingerprint density at radius 3 is 2.17 bits per heavy atom. The number of hydrogen-bond acceptors (Lipinski definition) is 4. The van der Waals surface area contributed by atoms with E-state index in [9.17, 15) is 30.8 Å². The number of rotatable bonds is 7. The maximum atomic E-state index is 14.0. The first-order valence-corrected chi connectivity index (χ1v) is 10.5. The van der Waals surface area contributed by atoms with E-state index in [0.29, 0.717) is 5.56 Å². The van der Waals surface area contributed by atoms with Crippen LogP contribution in [-0.4, -0.2) is 26.2 Å². The number of ether oxygens (including phenoxy) is 1. The molecule has 2 aromatic rings. The zero-order valence-electron chi connectivity index (χ0n) is 16.3. The van der Waals surface area contributed by atoms with E-state index in [0.717, 1.165) is 36.6 Å². The first kappa shape index (κ1) is 23.5. The van der Waals surface area contributed by atoms with E-state index in [2.05, 4.69) is 5.32 Å². The van der Waals surface area contributed by atoms with Crippen LogP contribution in [0.3, 0.4) is 0 Å². The lowest BCUT2D eigenvalue weighted by Gasteiger charge is -2.25. The number of anilines is 1. The summed E-state index contributed by atoms with van der Waals surface area (Å²) in [6.07, 6.45) is -3.59. The highest BCUT2D eigenvalue weighted by atomic mass is 32.2. The lowest BCUT2D eigenvalue weighted by atomic mass is 10.1. The Morgan fingerprint density at radius 2 is 1.67 bits per heavy atom. The third-order valence-electron chi connectivity index (χ3n) is 3.88. The van der Waals surface area contributed by atoms with Crippen molar-refractivity contribution in [2.75, 3.05) is 11.0 Å². The Hall–Kier alpha value is -2.82. The highest BCUT2D eigenvalue weighted by molar-refractivity contribution is 7.92. The minimum Gasteiger partial charge on any atom is -0.478 e. The Bertz CT molecular complexity index is 1020. The lowest BCUT2D eigenvalue weighted by molar-refractivity contribution is -0.138. The summed E-state index contributed by atoms with van der Waals surface area (Å²) >= 11 is 0. The summed E-state index contributed by atoms with van der Waals surface area (Å²) in [6.45, 7) is 2.79. The number of halogens is 4. The third-order valence-corrected chi connectivity index (χ3v) is 4.47. The van der Waals surface area contributed by atoms with Crippen molar-refractivity contribution in [3.05, 3.63) is 59.4 Å². The second kappa shape index (κ2) is 8.50.